The van der Waals surface area contributed by atoms with Gasteiger partial charge >= 0.3 is 6.03 Å². The number of rotatable bonds is 3. The van der Waals surface area contributed by atoms with Crippen molar-refractivity contribution in [1.29, 1.82) is 0 Å². The van der Waals surface area contributed by atoms with Crippen LogP contribution in [0, 0.1) is 13.8 Å². The summed E-state index contributed by atoms with van der Waals surface area (Å²) < 4.78 is 1.65. The molecule has 118 valence electrons. The maximum Gasteiger partial charge on any atom is 0.336 e. The first kappa shape index (κ1) is 15.1. The molecule has 0 aliphatic heterocycles. The molecule has 2 amide bonds. The van der Waals surface area contributed by atoms with Crippen LogP contribution in [-0.2, 0) is 6.54 Å². The van der Waals surface area contributed by atoms with Gasteiger partial charge in [0, 0.05) is 13.6 Å². The summed E-state index contributed by atoms with van der Waals surface area (Å²) in [5.41, 5.74) is 8.14. The fourth-order valence-corrected chi connectivity index (χ4v) is 2.59. The SMILES string of the molecule is Cc1ccc(CN(C)C(=O)Nn2cnc3ccccc32)c(C)c1. The number of hydrogen-bond acceptors (Lipinski definition) is 2. The second-order valence-corrected chi connectivity index (χ2v) is 5.81. The largest absolute Gasteiger partial charge is 0.336 e. The van der Waals surface area contributed by atoms with Gasteiger partial charge in [0.25, 0.3) is 0 Å². The van der Waals surface area contributed by atoms with Crippen LogP contribution in [0.5, 0.6) is 0 Å². The van der Waals surface area contributed by atoms with Gasteiger partial charge in [0.05, 0.1) is 11.0 Å². The first-order valence-electron chi connectivity index (χ1n) is 7.55. The first-order valence-corrected chi connectivity index (χ1v) is 7.55. The minimum atomic E-state index is -0.173. The standard InChI is InChI=1S/C18H20N4O/c1-13-8-9-15(14(2)10-13)11-21(3)18(23)20-22-12-19-16-6-4-5-7-17(16)22/h4-10,12H,11H2,1-3H3,(H,20,23). The highest BCUT2D eigenvalue weighted by atomic mass is 16.2. The van der Waals surface area contributed by atoms with E-state index in [4.69, 9.17) is 0 Å². The van der Waals surface area contributed by atoms with Crippen molar-refractivity contribution in [2.45, 2.75) is 20.4 Å². The zero-order valence-electron chi connectivity index (χ0n) is 13.6. The van der Waals surface area contributed by atoms with Crippen LogP contribution in [-0.4, -0.2) is 27.6 Å². The lowest BCUT2D eigenvalue weighted by atomic mass is 10.1. The van der Waals surface area contributed by atoms with Gasteiger partial charge < -0.3 is 4.90 Å². The molecule has 2 aromatic carbocycles. The molecule has 0 atom stereocenters. The zero-order valence-corrected chi connectivity index (χ0v) is 13.6. The fraction of sp³-hybridized carbons (Fsp3) is 0.222. The number of aromatic nitrogens is 2. The Bertz CT molecular complexity index is 853. The molecule has 0 fully saturated rings. The van der Waals surface area contributed by atoms with E-state index in [1.165, 1.54) is 11.1 Å². The molecule has 0 spiro atoms. The molecule has 0 aliphatic rings. The number of carbonyl (C=O) groups is 1. The highest BCUT2D eigenvalue weighted by Gasteiger charge is 2.12. The maximum atomic E-state index is 12.4. The van der Waals surface area contributed by atoms with Crippen molar-refractivity contribution >= 4 is 17.1 Å². The van der Waals surface area contributed by atoms with Crippen molar-refractivity contribution in [1.82, 2.24) is 14.6 Å². The van der Waals surface area contributed by atoms with E-state index in [1.807, 2.05) is 24.3 Å². The molecule has 1 aromatic heterocycles. The van der Waals surface area contributed by atoms with E-state index in [2.05, 4.69) is 42.5 Å². The van der Waals surface area contributed by atoms with Gasteiger partial charge in [0.15, 0.2) is 0 Å². The number of benzene rings is 2. The molecule has 0 aliphatic carbocycles. The number of aryl methyl sites for hydroxylation is 2. The van der Waals surface area contributed by atoms with Gasteiger partial charge in [-0.3, -0.25) is 0 Å². The second-order valence-electron chi connectivity index (χ2n) is 5.81. The van der Waals surface area contributed by atoms with Gasteiger partial charge in [-0.25, -0.2) is 19.9 Å². The summed E-state index contributed by atoms with van der Waals surface area (Å²) in [6.45, 7) is 4.69. The lowest BCUT2D eigenvalue weighted by Gasteiger charge is -2.20. The highest BCUT2D eigenvalue weighted by molar-refractivity contribution is 5.85. The molecule has 0 saturated carbocycles. The molecule has 0 radical (unpaired) electrons. The normalized spacial score (nSPS) is 10.7. The molecule has 0 saturated heterocycles. The third-order valence-electron chi connectivity index (χ3n) is 3.92. The average Bonchev–Trinajstić information content (AvgIpc) is 2.93. The summed E-state index contributed by atoms with van der Waals surface area (Å²) in [6.07, 6.45) is 1.62. The molecule has 5 heteroatoms. The molecular weight excluding hydrogens is 288 g/mol. The molecule has 5 nitrogen and oxygen atoms in total. The van der Waals surface area contributed by atoms with Crippen molar-refractivity contribution in [2.75, 3.05) is 12.5 Å². The van der Waals surface area contributed by atoms with Crippen molar-refractivity contribution in [3.63, 3.8) is 0 Å². The van der Waals surface area contributed by atoms with Gasteiger partial charge in [-0.2, -0.15) is 0 Å². The second kappa shape index (κ2) is 6.12. The lowest BCUT2D eigenvalue weighted by Crippen LogP contribution is -2.35. The number of nitrogens with one attached hydrogen (secondary N) is 1. The van der Waals surface area contributed by atoms with E-state index in [9.17, 15) is 4.79 Å². The van der Waals surface area contributed by atoms with Crippen LogP contribution in [0.25, 0.3) is 11.0 Å². The van der Waals surface area contributed by atoms with E-state index < -0.39 is 0 Å². The highest BCUT2D eigenvalue weighted by Crippen LogP contribution is 2.13. The molecule has 3 aromatic rings. The van der Waals surface area contributed by atoms with E-state index >= 15 is 0 Å². The minimum absolute atomic E-state index is 0.173. The number of hydrogen-bond donors (Lipinski definition) is 1. The number of nitrogens with zero attached hydrogens (tertiary/aromatic N) is 3. The molecule has 1 heterocycles. The Morgan fingerprint density at radius 1 is 1.22 bits per heavy atom. The molecule has 0 bridgehead atoms. The summed E-state index contributed by atoms with van der Waals surface area (Å²) in [7, 11) is 1.79. The Kier molecular flexibility index (Phi) is 4.02. The predicted molar refractivity (Wildman–Crippen MR) is 91.9 cm³/mol. The fourth-order valence-electron chi connectivity index (χ4n) is 2.59. The summed E-state index contributed by atoms with van der Waals surface area (Å²) in [5, 5.41) is 0. The molecule has 0 unspecified atom stereocenters. The van der Waals surface area contributed by atoms with Crippen molar-refractivity contribution in [2.24, 2.45) is 0 Å². The van der Waals surface area contributed by atoms with Crippen LogP contribution in [0.4, 0.5) is 4.79 Å². The summed E-state index contributed by atoms with van der Waals surface area (Å²) in [5.74, 6) is 0. The topological polar surface area (TPSA) is 50.2 Å². The van der Waals surface area contributed by atoms with Crippen molar-refractivity contribution in [3.8, 4) is 0 Å². The van der Waals surface area contributed by atoms with Crippen LogP contribution in [0.15, 0.2) is 48.8 Å². The van der Waals surface area contributed by atoms with Crippen LogP contribution < -0.4 is 5.43 Å². The molecular formula is C18H20N4O. The van der Waals surface area contributed by atoms with Crippen LogP contribution >= 0.6 is 0 Å². The minimum Gasteiger partial charge on any atom is -0.322 e. The molecule has 1 N–H and O–H groups in total. The number of urea groups is 1. The van der Waals surface area contributed by atoms with Gasteiger partial charge in [-0.15, -0.1) is 0 Å². The number of para-hydroxylation sites is 2. The summed E-state index contributed by atoms with van der Waals surface area (Å²) >= 11 is 0. The summed E-state index contributed by atoms with van der Waals surface area (Å²) in [6, 6.07) is 13.8. The van der Waals surface area contributed by atoms with Crippen LogP contribution in [0.3, 0.4) is 0 Å². The molecule has 23 heavy (non-hydrogen) atoms. The van der Waals surface area contributed by atoms with Gasteiger partial charge in [0.1, 0.15) is 6.33 Å². The molecule has 3 rings (SSSR count). The van der Waals surface area contributed by atoms with E-state index in [-0.39, 0.29) is 6.03 Å². The Balaban J connectivity index is 1.72. The third-order valence-corrected chi connectivity index (χ3v) is 3.92. The summed E-state index contributed by atoms with van der Waals surface area (Å²) in [4.78, 5) is 18.3. The average molecular weight is 308 g/mol. The van der Waals surface area contributed by atoms with Gasteiger partial charge in [0.2, 0.25) is 0 Å². The van der Waals surface area contributed by atoms with E-state index in [0.717, 1.165) is 16.6 Å². The number of carbonyl (C=O) groups excluding carboxylic acids is 1. The third kappa shape index (κ3) is 3.18. The predicted octanol–water partition coefficient (Wildman–Crippen LogP) is 3.45. The Hall–Kier alpha value is -2.82. The van der Waals surface area contributed by atoms with E-state index in [1.54, 1.807) is 23.0 Å². The quantitative estimate of drug-likeness (QED) is 0.805. The van der Waals surface area contributed by atoms with Crippen molar-refractivity contribution in [3.05, 3.63) is 65.5 Å². The number of imidazole rings is 1. The Morgan fingerprint density at radius 3 is 2.78 bits per heavy atom. The zero-order chi connectivity index (χ0) is 16.4. The monoisotopic (exact) mass is 308 g/mol. The van der Waals surface area contributed by atoms with E-state index in [0.29, 0.717) is 6.54 Å². The maximum absolute atomic E-state index is 12.4. The van der Waals surface area contributed by atoms with Gasteiger partial charge in [-0.1, -0.05) is 35.9 Å². The van der Waals surface area contributed by atoms with Gasteiger partial charge in [-0.05, 0) is 37.1 Å². The first-order chi connectivity index (χ1) is 11.0. The smallest absolute Gasteiger partial charge is 0.322 e. The van der Waals surface area contributed by atoms with Crippen molar-refractivity contribution < 1.29 is 4.79 Å². The number of fused-ring (bicyclic) bond motifs is 1. The number of amides is 2. The van der Waals surface area contributed by atoms with Crippen LogP contribution in [0.2, 0.25) is 0 Å². The lowest BCUT2D eigenvalue weighted by molar-refractivity contribution is 0.217. The van der Waals surface area contributed by atoms with Crippen LogP contribution in [0.1, 0.15) is 16.7 Å². The Morgan fingerprint density at radius 2 is 2.00 bits per heavy atom. The Labute approximate surface area is 135 Å².